The van der Waals surface area contributed by atoms with E-state index in [1.807, 2.05) is 31.2 Å². The zero-order chi connectivity index (χ0) is 10.8. The van der Waals surface area contributed by atoms with Gasteiger partial charge >= 0.3 is 0 Å². The standard InChI is InChI=1S/C12H19NO/c1-9(2)12(3,13)10-6-5-7-11(8-10)14-4/h5-9H,13H2,1-4H3/t12-/m0/s1. The molecule has 14 heavy (non-hydrogen) atoms. The van der Waals surface area contributed by atoms with E-state index in [9.17, 15) is 0 Å². The van der Waals surface area contributed by atoms with Gasteiger partial charge in [-0.3, -0.25) is 0 Å². The molecule has 0 saturated heterocycles. The van der Waals surface area contributed by atoms with Gasteiger partial charge in [0.25, 0.3) is 0 Å². The lowest BCUT2D eigenvalue weighted by Gasteiger charge is -2.29. The van der Waals surface area contributed by atoms with Crippen LogP contribution in [0.1, 0.15) is 26.3 Å². The highest BCUT2D eigenvalue weighted by Crippen LogP contribution is 2.28. The summed E-state index contributed by atoms with van der Waals surface area (Å²) in [5.74, 6) is 1.26. The first-order chi connectivity index (χ1) is 6.48. The van der Waals surface area contributed by atoms with Crippen LogP contribution >= 0.6 is 0 Å². The van der Waals surface area contributed by atoms with Gasteiger partial charge < -0.3 is 10.5 Å². The van der Waals surface area contributed by atoms with E-state index in [2.05, 4.69) is 13.8 Å². The molecule has 0 fully saturated rings. The smallest absolute Gasteiger partial charge is 0.119 e. The van der Waals surface area contributed by atoms with Gasteiger partial charge in [0, 0.05) is 5.54 Å². The topological polar surface area (TPSA) is 35.2 Å². The molecule has 0 aromatic heterocycles. The molecule has 78 valence electrons. The molecule has 0 heterocycles. The van der Waals surface area contributed by atoms with Crippen molar-refractivity contribution in [2.45, 2.75) is 26.3 Å². The van der Waals surface area contributed by atoms with Crippen molar-refractivity contribution in [3.63, 3.8) is 0 Å². The van der Waals surface area contributed by atoms with E-state index >= 15 is 0 Å². The second kappa shape index (κ2) is 4.01. The fraction of sp³-hybridized carbons (Fsp3) is 0.500. The lowest BCUT2D eigenvalue weighted by Crippen LogP contribution is -2.38. The van der Waals surface area contributed by atoms with Crippen LogP contribution in [-0.2, 0) is 5.54 Å². The average Bonchev–Trinajstić information content (AvgIpc) is 2.17. The molecule has 0 saturated carbocycles. The second-order valence-electron chi connectivity index (χ2n) is 4.17. The molecule has 0 aliphatic carbocycles. The molecule has 1 rings (SSSR count). The van der Waals surface area contributed by atoms with Crippen LogP contribution in [0, 0.1) is 5.92 Å². The predicted octanol–water partition coefficient (Wildman–Crippen LogP) is 2.53. The van der Waals surface area contributed by atoms with Crippen molar-refractivity contribution < 1.29 is 4.74 Å². The van der Waals surface area contributed by atoms with Crippen LogP contribution in [0.15, 0.2) is 24.3 Å². The number of rotatable bonds is 3. The van der Waals surface area contributed by atoms with E-state index in [1.165, 1.54) is 0 Å². The largest absolute Gasteiger partial charge is 0.497 e. The number of hydrogen-bond donors (Lipinski definition) is 1. The molecule has 0 amide bonds. The monoisotopic (exact) mass is 193 g/mol. The number of benzene rings is 1. The van der Waals surface area contributed by atoms with Gasteiger partial charge in [-0.2, -0.15) is 0 Å². The Morgan fingerprint density at radius 2 is 2.00 bits per heavy atom. The minimum absolute atomic E-state index is 0.297. The molecule has 2 nitrogen and oxygen atoms in total. The van der Waals surface area contributed by atoms with Gasteiger partial charge in [0.05, 0.1) is 7.11 Å². The molecule has 2 N–H and O–H groups in total. The van der Waals surface area contributed by atoms with Crippen molar-refractivity contribution in [3.8, 4) is 5.75 Å². The summed E-state index contributed by atoms with van der Waals surface area (Å²) in [5.41, 5.74) is 7.07. The van der Waals surface area contributed by atoms with Gasteiger partial charge in [-0.15, -0.1) is 0 Å². The number of hydrogen-bond acceptors (Lipinski definition) is 2. The normalized spacial score (nSPS) is 15.3. The maximum atomic E-state index is 6.25. The molecule has 0 bridgehead atoms. The summed E-state index contributed by atoms with van der Waals surface area (Å²) < 4.78 is 5.17. The van der Waals surface area contributed by atoms with Gasteiger partial charge in [-0.1, -0.05) is 26.0 Å². The van der Waals surface area contributed by atoms with E-state index in [1.54, 1.807) is 7.11 Å². The fourth-order valence-electron chi connectivity index (χ4n) is 1.29. The Kier molecular flexibility index (Phi) is 3.17. The van der Waals surface area contributed by atoms with E-state index in [-0.39, 0.29) is 5.54 Å². The molecule has 2 heteroatoms. The van der Waals surface area contributed by atoms with Gasteiger partial charge in [0.15, 0.2) is 0 Å². The highest BCUT2D eigenvalue weighted by atomic mass is 16.5. The quantitative estimate of drug-likeness (QED) is 0.800. The molecule has 0 unspecified atom stereocenters. The molecule has 0 radical (unpaired) electrons. The fourth-order valence-corrected chi connectivity index (χ4v) is 1.29. The third kappa shape index (κ3) is 2.07. The van der Waals surface area contributed by atoms with Crippen LogP contribution in [0.5, 0.6) is 5.75 Å². The van der Waals surface area contributed by atoms with Crippen molar-refractivity contribution in [2.24, 2.45) is 11.7 Å². The lowest BCUT2D eigenvalue weighted by molar-refractivity contribution is 0.347. The summed E-state index contributed by atoms with van der Waals surface area (Å²) in [4.78, 5) is 0. The average molecular weight is 193 g/mol. The first kappa shape index (κ1) is 11.1. The van der Waals surface area contributed by atoms with Gasteiger partial charge in [0.2, 0.25) is 0 Å². The lowest BCUT2D eigenvalue weighted by atomic mass is 9.83. The molecular formula is C12H19NO. The van der Waals surface area contributed by atoms with Crippen molar-refractivity contribution in [1.29, 1.82) is 0 Å². The zero-order valence-corrected chi connectivity index (χ0v) is 9.37. The first-order valence-electron chi connectivity index (χ1n) is 4.92. The van der Waals surface area contributed by atoms with Crippen LogP contribution in [0.25, 0.3) is 0 Å². The predicted molar refractivity (Wildman–Crippen MR) is 59.4 cm³/mol. The minimum Gasteiger partial charge on any atom is -0.497 e. The van der Waals surface area contributed by atoms with E-state index < -0.39 is 0 Å². The second-order valence-corrected chi connectivity index (χ2v) is 4.17. The summed E-state index contributed by atoms with van der Waals surface area (Å²) in [6.45, 7) is 6.30. The number of methoxy groups -OCH3 is 1. The SMILES string of the molecule is COc1cccc([C@@](C)(N)C(C)C)c1. The van der Waals surface area contributed by atoms with Gasteiger partial charge in [-0.25, -0.2) is 0 Å². The van der Waals surface area contributed by atoms with Crippen molar-refractivity contribution in [1.82, 2.24) is 0 Å². The highest BCUT2D eigenvalue weighted by Gasteiger charge is 2.25. The van der Waals surface area contributed by atoms with Gasteiger partial charge in [0.1, 0.15) is 5.75 Å². The van der Waals surface area contributed by atoms with Crippen LogP contribution in [0.3, 0.4) is 0 Å². The van der Waals surface area contributed by atoms with E-state index in [4.69, 9.17) is 10.5 Å². The van der Waals surface area contributed by atoms with Crippen molar-refractivity contribution in [3.05, 3.63) is 29.8 Å². The number of nitrogens with two attached hydrogens (primary N) is 1. The Morgan fingerprint density at radius 3 is 2.50 bits per heavy atom. The molecule has 0 spiro atoms. The Bertz CT molecular complexity index is 305. The Hall–Kier alpha value is -1.02. The summed E-state index contributed by atoms with van der Waals surface area (Å²) in [6, 6.07) is 7.95. The Balaban J connectivity index is 3.06. The first-order valence-corrected chi connectivity index (χ1v) is 4.92. The van der Waals surface area contributed by atoms with Crippen LogP contribution in [0.4, 0.5) is 0 Å². The maximum absolute atomic E-state index is 6.25. The summed E-state index contributed by atoms with van der Waals surface area (Å²) in [7, 11) is 1.67. The molecule has 0 aliphatic heterocycles. The Labute approximate surface area is 86.1 Å². The van der Waals surface area contributed by atoms with Crippen LogP contribution in [0.2, 0.25) is 0 Å². The van der Waals surface area contributed by atoms with E-state index in [0.29, 0.717) is 5.92 Å². The summed E-state index contributed by atoms with van der Waals surface area (Å²) in [6.07, 6.45) is 0. The van der Waals surface area contributed by atoms with Crippen LogP contribution in [-0.4, -0.2) is 7.11 Å². The van der Waals surface area contributed by atoms with E-state index in [0.717, 1.165) is 11.3 Å². The van der Waals surface area contributed by atoms with Crippen molar-refractivity contribution >= 4 is 0 Å². The Morgan fingerprint density at radius 1 is 1.36 bits per heavy atom. The summed E-state index contributed by atoms with van der Waals surface area (Å²) in [5, 5.41) is 0. The molecule has 1 aromatic rings. The summed E-state index contributed by atoms with van der Waals surface area (Å²) >= 11 is 0. The number of ether oxygens (including phenoxy) is 1. The minimum atomic E-state index is -0.297. The van der Waals surface area contributed by atoms with Crippen molar-refractivity contribution in [2.75, 3.05) is 7.11 Å². The third-order valence-electron chi connectivity index (χ3n) is 2.89. The third-order valence-corrected chi connectivity index (χ3v) is 2.89. The molecule has 1 atom stereocenters. The van der Waals surface area contributed by atoms with Crippen LogP contribution < -0.4 is 10.5 Å². The highest BCUT2D eigenvalue weighted by molar-refractivity contribution is 5.33. The molecular weight excluding hydrogens is 174 g/mol. The molecule has 1 aromatic carbocycles. The van der Waals surface area contributed by atoms with Gasteiger partial charge in [-0.05, 0) is 30.5 Å². The zero-order valence-electron chi connectivity index (χ0n) is 9.37. The molecule has 0 aliphatic rings. The maximum Gasteiger partial charge on any atom is 0.119 e.